The minimum absolute atomic E-state index is 0.0256. The molecule has 1 unspecified atom stereocenters. The molecule has 0 N–H and O–H groups in total. The Hall–Kier alpha value is -1.99. The van der Waals surface area contributed by atoms with Crippen molar-refractivity contribution in [2.75, 3.05) is 13.1 Å². The Morgan fingerprint density at radius 2 is 2.17 bits per heavy atom. The molecule has 0 saturated carbocycles. The van der Waals surface area contributed by atoms with E-state index >= 15 is 0 Å². The number of nitrogens with zero attached hydrogens (tertiary/aromatic N) is 3. The number of benzene rings is 1. The zero-order valence-corrected chi connectivity index (χ0v) is 15.1. The minimum atomic E-state index is -0.0467. The second-order valence-corrected chi connectivity index (χ2v) is 7.44. The van der Waals surface area contributed by atoms with Crippen LogP contribution in [0.2, 0.25) is 0 Å². The predicted octanol–water partition coefficient (Wildman–Crippen LogP) is 3.75. The third-order valence-electron chi connectivity index (χ3n) is 3.91. The van der Waals surface area contributed by atoms with Gasteiger partial charge in [-0.2, -0.15) is 0 Å². The number of carbonyl (C=O) groups excluding carboxylic acids is 1. The van der Waals surface area contributed by atoms with Gasteiger partial charge in [0.2, 0.25) is 5.88 Å². The molecule has 1 amide bonds. The molecule has 1 aromatic carbocycles. The smallest absolute Gasteiger partial charge is 0.283 e. The maximum Gasteiger partial charge on any atom is 0.283 e. The third kappa shape index (κ3) is 3.01. The molecule has 0 aliphatic carbocycles. The molecule has 7 heteroatoms. The van der Waals surface area contributed by atoms with Gasteiger partial charge < -0.3 is 9.64 Å². The molecule has 3 heterocycles. The van der Waals surface area contributed by atoms with E-state index in [0.29, 0.717) is 24.0 Å². The lowest BCUT2D eigenvalue weighted by atomic mass is 10.3. The van der Waals surface area contributed by atoms with E-state index in [4.69, 9.17) is 4.74 Å². The number of amides is 1. The lowest BCUT2D eigenvalue weighted by Gasteiger charge is -2.16. The summed E-state index contributed by atoms with van der Waals surface area (Å²) in [6.07, 6.45) is 2.44. The first-order valence-corrected chi connectivity index (χ1v) is 9.23. The SMILES string of the molecule is O=C(c1nc2ccccc2s1)N1CCC(Oc2ncccc2Br)C1. The number of halogens is 1. The highest BCUT2D eigenvalue weighted by Gasteiger charge is 2.30. The molecule has 5 nitrogen and oxygen atoms in total. The molecule has 1 aliphatic heterocycles. The van der Waals surface area contributed by atoms with E-state index in [1.165, 1.54) is 11.3 Å². The van der Waals surface area contributed by atoms with Gasteiger partial charge in [0.15, 0.2) is 5.01 Å². The van der Waals surface area contributed by atoms with Gasteiger partial charge >= 0.3 is 0 Å². The van der Waals surface area contributed by atoms with Crippen molar-refractivity contribution in [1.29, 1.82) is 0 Å². The average Bonchev–Trinajstić information content (AvgIpc) is 3.23. The molecule has 3 aromatic rings. The largest absolute Gasteiger partial charge is 0.472 e. The lowest BCUT2D eigenvalue weighted by molar-refractivity contribution is 0.0771. The fourth-order valence-electron chi connectivity index (χ4n) is 2.72. The summed E-state index contributed by atoms with van der Waals surface area (Å²) in [6.45, 7) is 1.22. The van der Waals surface area contributed by atoms with Crippen LogP contribution in [-0.4, -0.2) is 40.0 Å². The Bertz CT molecular complexity index is 865. The summed E-state index contributed by atoms with van der Waals surface area (Å²) in [5.74, 6) is 0.541. The molecular formula is C17H14BrN3O2S. The van der Waals surface area contributed by atoms with Crippen LogP contribution in [0.1, 0.15) is 16.2 Å². The monoisotopic (exact) mass is 403 g/mol. The van der Waals surface area contributed by atoms with Gasteiger partial charge in [0.05, 0.1) is 21.2 Å². The van der Waals surface area contributed by atoms with Crippen LogP contribution in [-0.2, 0) is 0 Å². The molecule has 1 aliphatic rings. The Balaban J connectivity index is 1.46. The lowest BCUT2D eigenvalue weighted by Crippen LogP contribution is -2.31. The van der Waals surface area contributed by atoms with Crippen molar-refractivity contribution < 1.29 is 9.53 Å². The Morgan fingerprint density at radius 1 is 1.29 bits per heavy atom. The maximum absolute atomic E-state index is 12.7. The standard InChI is InChI=1S/C17H14BrN3O2S/c18-12-4-3-8-19-15(12)23-11-7-9-21(10-11)17(22)16-20-13-5-1-2-6-14(13)24-16/h1-6,8,11H,7,9-10H2. The number of para-hydroxylation sites is 1. The first kappa shape index (κ1) is 15.5. The van der Waals surface area contributed by atoms with E-state index in [2.05, 4.69) is 25.9 Å². The molecule has 1 atom stereocenters. The van der Waals surface area contributed by atoms with E-state index in [-0.39, 0.29) is 12.0 Å². The fourth-order valence-corrected chi connectivity index (χ4v) is 4.01. The van der Waals surface area contributed by atoms with Gasteiger partial charge in [0.25, 0.3) is 5.91 Å². The predicted molar refractivity (Wildman–Crippen MR) is 96.5 cm³/mol. The number of pyridine rings is 1. The van der Waals surface area contributed by atoms with Crippen molar-refractivity contribution in [3.05, 3.63) is 52.1 Å². The summed E-state index contributed by atoms with van der Waals surface area (Å²) < 4.78 is 7.77. The molecule has 1 fully saturated rings. The number of fused-ring (bicyclic) bond motifs is 1. The number of hydrogen-bond acceptors (Lipinski definition) is 5. The Morgan fingerprint density at radius 3 is 3.00 bits per heavy atom. The van der Waals surface area contributed by atoms with Crippen LogP contribution in [0.25, 0.3) is 10.2 Å². The number of rotatable bonds is 3. The van der Waals surface area contributed by atoms with Crippen molar-refractivity contribution in [2.24, 2.45) is 0 Å². The van der Waals surface area contributed by atoms with E-state index in [0.717, 1.165) is 21.1 Å². The van der Waals surface area contributed by atoms with Crippen molar-refractivity contribution in [1.82, 2.24) is 14.9 Å². The quantitative estimate of drug-likeness (QED) is 0.667. The van der Waals surface area contributed by atoms with E-state index in [9.17, 15) is 4.79 Å². The molecule has 0 radical (unpaired) electrons. The summed E-state index contributed by atoms with van der Waals surface area (Å²) in [6, 6.07) is 11.5. The topological polar surface area (TPSA) is 55.3 Å². The van der Waals surface area contributed by atoms with Crippen molar-refractivity contribution in [3.63, 3.8) is 0 Å². The number of carbonyl (C=O) groups is 1. The normalized spacial score (nSPS) is 17.4. The number of hydrogen-bond donors (Lipinski definition) is 0. The van der Waals surface area contributed by atoms with Crippen LogP contribution in [0.5, 0.6) is 5.88 Å². The van der Waals surface area contributed by atoms with Gasteiger partial charge in [-0.15, -0.1) is 11.3 Å². The van der Waals surface area contributed by atoms with Crippen LogP contribution in [0.4, 0.5) is 0 Å². The third-order valence-corrected chi connectivity index (χ3v) is 5.54. The summed E-state index contributed by atoms with van der Waals surface area (Å²) in [5, 5.41) is 0.538. The van der Waals surface area contributed by atoms with Crippen molar-refractivity contribution in [2.45, 2.75) is 12.5 Å². The van der Waals surface area contributed by atoms with Crippen molar-refractivity contribution in [3.8, 4) is 5.88 Å². The number of aromatic nitrogens is 2. The van der Waals surface area contributed by atoms with Gasteiger partial charge in [-0.05, 0) is 40.2 Å². The average molecular weight is 404 g/mol. The first-order chi connectivity index (χ1) is 11.7. The van der Waals surface area contributed by atoms with Crippen molar-refractivity contribution >= 4 is 43.4 Å². The second kappa shape index (κ2) is 6.49. The molecule has 0 bridgehead atoms. The number of ether oxygens (including phenoxy) is 1. The molecule has 0 spiro atoms. The highest BCUT2D eigenvalue weighted by molar-refractivity contribution is 9.10. The second-order valence-electron chi connectivity index (χ2n) is 5.56. The molecule has 4 rings (SSSR count). The van der Waals surface area contributed by atoms with Gasteiger partial charge in [0.1, 0.15) is 6.10 Å². The Kier molecular flexibility index (Phi) is 4.20. The highest BCUT2D eigenvalue weighted by atomic mass is 79.9. The maximum atomic E-state index is 12.7. The zero-order chi connectivity index (χ0) is 16.5. The van der Waals surface area contributed by atoms with E-state index in [1.807, 2.05) is 36.4 Å². The molecule has 2 aromatic heterocycles. The Labute approximate surface area is 151 Å². The summed E-state index contributed by atoms with van der Waals surface area (Å²) in [4.78, 5) is 23.1. The molecular weight excluding hydrogens is 390 g/mol. The van der Waals surface area contributed by atoms with Crippen LogP contribution in [0.15, 0.2) is 47.1 Å². The summed E-state index contributed by atoms with van der Waals surface area (Å²) >= 11 is 4.86. The summed E-state index contributed by atoms with van der Waals surface area (Å²) in [7, 11) is 0. The molecule has 122 valence electrons. The molecule has 24 heavy (non-hydrogen) atoms. The van der Waals surface area contributed by atoms with Gasteiger partial charge in [-0.3, -0.25) is 4.79 Å². The van der Waals surface area contributed by atoms with E-state index < -0.39 is 0 Å². The highest BCUT2D eigenvalue weighted by Crippen LogP contribution is 2.27. The first-order valence-electron chi connectivity index (χ1n) is 7.63. The van der Waals surface area contributed by atoms with Gasteiger partial charge in [0, 0.05) is 19.2 Å². The molecule has 1 saturated heterocycles. The van der Waals surface area contributed by atoms with Crippen LogP contribution in [0, 0.1) is 0 Å². The minimum Gasteiger partial charge on any atom is -0.472 e. The van der Waals surface area contributed by atoms with Gasteiger partial charge in [-0.1, -0.05) is 12.1 Å². The number of thiazole rings is 1. The fraction of sp³-hybridized carbons (Fsp3) is 0.235. The van der Waals surface area contributed by atoms with E-state index in [1.54, 1.807) is 11.1 Å². The number of likely N-dealkylation sites (tertiary alicyclic amines) is 1. The van der Waals surface area contributed by atoms with Crippen LogP contribution < -0.4 is 4.74 Å². The van der Waals surface area contributed by atoms with Gasteiger partial charge in [-0.25, -0.2) is 9.97 Å². The zero-order valence-electron chi connectivity index (χ0n) is 12.7. The van der Waals surface area contributed by atoms with Crippen LogP contribution >= 0.6 is 27.3 Å². The van der Waals surface area contributed by atoms with Crippen LogP contribution in [0.3, 0.4) is 0 Å². The summed E-state index contributed by atoms with van der Waals surface area (Å²) in [5.41, 5.74) is 0.871.